The van der Waals surface area contributed by atoms with Crippen molar-refractivity contribution in [2.24, 2.45) is 5.92 Å². The lowest BCUT2D eigenvalue weighted by atomic mass is 9.85. The number of aromatic amines is 1. The number of fused-ring (bicyclic) bond motifs is 1. The van der Waals surface area contributed by atoms with Crippen LogP contribution in [0.4, 0.5) is 4.79 Å². The highest BCUT2D eigenvalue weighted by Gasteiger charge is 2.42. The van der Waals surface area contributed by atoms with E-state index in [9.17, 15) is 4.79 Å². The van der Waals surface area contributed by atoms with Gasteiger partial charge in [0.1, 0.15) is 5.82 Å². The lowest BCUT2D eigenvalue weighted by Gasteiger charge is -2.33. The molecule has 24 heavy (non-hydrogen) atoms. The number of carbonyl (C=O) groups is 1. The second-order valence-electron chi connectivity index (χ2n) is 6.85. The van der Waals surface area contributed by atoms with Gasteiger partial charge in [-0.05, 0) is 44.2 Å². The van der Waals surface area contributed by atoms with Crippen LogP contribution in [0.1, 0.15) is 44.9 Å². The van der Waals surface area contributed by atoms with Gasteiger partial charge in [0.05, 0.1) is 12.8 Å². The number of hydrogen-bond acceptors (Lipinski definition) is 4. The Morgan fingerprint density at radius 1 is 1.46 bits per heavy atom. The van der Waals surface area contributed by atoms with Gasteiger partial charge in [0.25, 0.3) is 0 Å². The summed E-state index contributed by atoms with van der Waals surface area (Å²) in [4.78, 5) is 19.1. The number of furan rings is 1. The van der Waals surface area contributed by atoms with Gasteiger partial charge < -0.3 is 14.6 Å². The van der Waals surface area contributed by atoms with Gasteiger partial charge in [-0.2, -0.15) is 0 Å². The fourth-order valence-corrected chi connectivity index (χ4v) is 4.20. The molecule has 1 saturated heterocycles. The van der Waals surface area contributed by atoms with Gasteiger partial charge in [-0.3, -0.25) is 5.10 Å². The summed E-state index contributed by atoms with van der Waals surface area (Å²) in [5, 5.41) is 9.96. The highest BCUT2D eigenvalue weighted by Crippen LogP contribution is 2.39. The molecule has 1 aliphatic carbocycles. The Bertz CT molecular complexity index is 696. The van der Waals surface area contributed by atoms with Crippen molar-refractivity contribution in [3.63, 3.8) is 0 Å². The Balaban J connectivity index is 1.38. The zero-order chi connectivity index (χ0) is 16.5. The Hall–Kier alpha value is -2.31. The van der Waals surface area contributed by atoms with E-state index in [0.29, 0.717) is 42.0 Å². The van der Waals surface area contributed by atoms with Gasteiger partial charge in [0.15, 0.2) is 5.76 Å². The molecule has 2 aromatic heterocycles. The topological polar surface area (TPSA) is 87.1 Å². The van der Waals surface area contributed by atoms with E-state index in [1.807, 2.05) is 4.90 Å². The predicted molar refractivity (Wildman–Crippen MR) is 88.0 cm³/mol. The smallest absolute Gasteiger partial charge is 0.318 e. The molecule has 0 spiro atoms. The first-order valence-corrected chi connectivity index (χ1v) is 8.73. The molecule has 2 fully saturated rings. The van der Waals surface area contributed by atoms with Crippen molar-refractivity contribution < 1.29 is 9.21 Å². The summed E-state index contributed by atoms with van der Waals surface area (Å²) in [5.74, 6) is 2.42. The summed E-state index contributed by atoms with van der Waals surface area (Å²) < 4.78 is 5.27. The van der Waals surface area contributed by atoms with Crippen molar-refractivity contribution in [1.29, 1.82) is 0 Å². The van der Waals surface area contributed by atoms with E-state index < -0.39 is 0 Å². The zero-order valence-electron chi connectivity index (χ0n) is 13.9. The van der Waals surface area contributed by atoms with Crippen LogP contribution in [0, 0.1) is 5.92 Å². The third-order valence-corrected chi connectivity index (χ3v) is 5.26. The molecule has 7 heteroatoms. The molecule has 0 radical (unpaired) electrons. The second-order valence-corrected chi connectivity index (χ2v) is 6.85. The van der Waals surface area contributed by atoms with Crippen LogP contribution in [0.5, 0.6) is 0 Å². The minimum Gasteiger partial charge on any atom is -0.461 e. The molecule has 3 heterocycles. The van der Waals surface area contributed by atoms with E-state index in [1.54, 1.807) is 18.4 Å². The molecular weight excluding hydrogens is 306 g/mol. The number of H-pyrrole nitrogens is 1. The lowest BCUT2D eigenvalue weighted by molar-refractivity contribution is 0.155. The molecule has 7 nitrogen and oxygen atoms in total. The molecule has 2 aromatic rings. The number of urea groups is 1. The lowest BCUT2D eigenvalue weighted by Crippen LogP contribution is -2.47. The van der Waals surface area contributed by atoms with Crippen molar-refractivity contribution in [2.45, 2.75) is 57.7 Å². The first-order valence-electron chi connectivity index (χ1n) is 8.73. The van der Waals surface area contributed by atoms with Crippen LogP contribution >= 0.6 is 0 Å². The maximum Gasteiger partial charge on any atom is 0.318 e. The molecule has 3 atom stereocenters. The zero-order valence-corrected chi connectivity index (χ0v) is 13.9. The van der Waals surface area contributed by atoms with E-state index in [-0.39, 0.29) is 6.03 Å². The molecular formula is C17H23N5O2. The Morgan fingerprint density at radius 2 is 2.33 bits per heavy atom. The Morgan fingerprint density at radius 3 is 3.17 bits per heavy atom. The van der Waals surface area contributed by atoms with Crippen molar-refractivity contribution in [3.8, 4) is 11.6 Å². The number of nitrogens with zero attached hydrogens (tertiary/aromatic N) is 3. The fraction of sp³-hybridized carbons (Fsp3) is 0.588. The average Bonchev–Trinajstić information content (AvgIpc) is 3.31. The standard InChI is InChI=1S/C17H23N5O2/c1-11-9-12-5-2-3-6-13(12)22(11)17(23)18-10-15-19-16(21-20-15)14-7-4-8-24-14/h4,7-8,11-13H,2-3,5-6,9-10H2,1H3,(H,18,23)(H,19,20,21)/t11-,12-,13+/m1/s1. The van der Waals surface area contributed by atoms with Crippen LogP contribution in [-0.4, -0.2) is 38.2 Å². The number of hydrogen-bond donors (Lipinski definition) is 2. The Kier molecular flexibility index (Phi) is 4.00. The van der Waals surface area contributed by atoms with Crippen molar-refractivity contribution in [1.82, 2.24) is 25.4 Å². The van der Waals surface area contributed by atoms with E-state index in [4.69, 9.17) is 4.42 Å². The summed E-state index contributed by atoms with van der Waals surface area (Å²) in [6, 6.07) is 4.32. The van der Waals surface area contributed by atoms with E-state index >= 15 is 0 Å². The van der Waals surface area contributed by atoms with Gasteiger partial charge in [-0.1, -0.05) is 12.8 Å². The van der Waals surface area contributed by atoms with Crippen LogP contribution in [0.3, 0.4) is 0 Å². The fourth-order valence-electron chi connectivity index (χ4n) is 4.20. The predicted octanol–water partition coefficient (Wildman–Crippen LogP) is 2.93. The van der Waals surface area contributed by atoms with Gasteiger partial charge in [-0.25, -0.2) is 9.78 Å². The number of carbonyl (C=O) groups excluding carboxylic acids is 1. The summed E-state index contributed by atoms with van der Waals surface area (Å²) in [6.45, 7) is 2.49. The van der Waals surface area contributed by atoms with Gasteiger partial charge in [0.2, 0.25) is 5.82 Å². The van der Waals surface area contributed by atoms with Gasteiger partial charge in [-0.15, -0.1) is 5.10 Å². The molecule has 0 unspecified atom stereocenters. The SMILES string of the molecule is C[C@@H]1C[C@H]2CCCC[C@@H]2N1C(=O)NCc1nc(-c2ccco2)n[nH]1. The van der Waals surface area contributed by atoms with Crippen LogP contribution in [0.15, 0.2) is 22.8 Å². The average molecular weight is 329 g/mol. The Labute approximate surface area is 140 Å². The van der Waals surface area contributed by atoms with Crippen molar-refractivity contribution in [2.75, 3.05) is 0 Å². The molecule has 0 aromatic carbocycles. The van der Waals surface area contributed by atoms with Crippen LogP contribution in [0.2, 0.25) is 0 Å². The number of likely N-dealkylation sites (tertiary alicyclic amines) is 1. The quantitative estimate of drug-likeness (QED) is 0.906. The summed E-state index contributed by atoms with van der Waals surface area (Å²) in [6.07, 6.45) is 7.63. The van der Waals surface area contributed by atoms with Crippen LogP contribution in [0.25, 0.3) is 11.6 Å². The largest absolute Gasteiger partial charge is 0.461 e. The molecule has 2 amide bonds. The molecule has 4 rings (SSSR count). The van der Waals surface area contributed by atoms with Gasteiger partial charge in [0, 0.05) is 12.1 Å². The molecule has 1 saturated carbocycles. The molecule has 2 N–H and O–H groups in total. The minimum atomic E-state index is 0.00727. The molecule has 2 aliphatic rings. The van der Waals surface area contributed by atoms with Crippen molar-refractivity contribution >= 4 is 6.03 Å². The van der Waals surface area contributed by atoms with Gasteiger partial charge >= 0.3 is 6.03 Å². The monoisotopic (exact) mass is 329 g/mol. The van der Waals surface area contributed by atoms with Crippen molar-refractivity contribution in [3.05, 3.63) is 24.2 Å². The maximum atomic E-state index is 12.7. The number of aromatic nitrogens is 3. The molecule has 128 valence electrons. The number of nitrogens with one attached hydrogen (secondary N) is 2. The molecule has 0 bridgehead atoms. The van der Waals surface area contributed by atoms with E-state index in [2.05, 4.69) is 27.4 Å². The normalized spacial score (nSPS) is 26.4. The summed E-state index contributed by atoms with van der Waals surface area (Å²) >= 11 is 0. The summed E-state index contributed by atoms with van der Waals surface area (Å²) in [5.41, 5.74) is 0. The minimum absolute atomic E-state index is 0.00727. The maximum absolute atomic E-state index is 12.7. The molecule has 1 aliphatic heterocycles. The first-order chi connectivity index (χ1) is 11.7. The summed E-state index contributed by atoms with van der Waals surface area (Å²) in [7, 11) is 0. The first kappa shape index (κ1) is 15.2. The van der Waals surface area contributed by atoms with Crippen LogP contribution in [-0.2, 0) is 6.54 Å². The highest BCUT2D eigenvalue weighted by atomic mass is 16.3. The highest BCUT2D eigenvalue weighted by molar-refractivity contribution is 5.75. The number of rotatable bonds is 3. The third-order valence-electron chi connectivity index (χ3n) is 5.26. The second kappa shape index (κ2) is 6.30. The van der Waals surface area contributed by atoms with E-state index in [0.717, 1.165) is 12.8 Å². The third kappa shape index (κ3) is 2.79. The number of amides is 2. The van der Waals surface area contributed by atoms with Crippen LogP contribution < -0.4 is 5.32 Å². The van der Waals surface area contributed by atoms with E-state index in [1.165, 1.54) is 19.3 Å².